The smallest absolute Gasteiger partial charge is 0.339 e. The number of rotatable bonds is 7. The third-order valence-electron chi connectivity index (χ3n) is 7.77. The first-order valence-corrected chi connectivity index (χ1v) is 13.8. The molecule has 0 bridgehead atoms. The van der Waals surface area contributed by atoms with Crippen molar-refractivity contribution in [2.45, 2.75) is 53.0 Å². The van der Waals surface area contributed by atoms with Gasteiger partial charge in [-0.1, -0.05) is 31.2 Å². The van der Waals surface area contributed by atoms with E-state index in [1.165, 1.54) is 0 Å². The lowest BCUT2D eigenvalue weighted by molar-refractivity contribution is 0.0475. The van der Waals surface area contributed by atoms with Gasteiger partial charge in [-0.2, -0.15) is 0 Å². The normalized spacial score (nSPS) is 14.9. The van der Waals surface area contributed by atoms with E-state index in [0.717, 1.165) is 82.0 Å². The minimum absolute atomic E-state index is 0.195. The van der Waals surface area contributed by atoms with Crippen LogP contribution in [0.4, 0.5) is 0 Å². The number of ketones is 1. The second-order valence-corrected chi connectivity index (χ2v) is 10.4. The number of hydrogen-bond donors (Lipinski definition) is 0. The summed E-state index contributed by atoms with van der Waals surface area (Å²) in [5, 5.41) is 0.740. The Morgan fingerprint density at radius 1 is 1.05 bits per heavy atom. The van der Waals surface area contributed by atoms with Crippen LogP contribution in [0.3, 0.4) is 0 Å². The van der Waals surface area contributed by atoms with E-state index < -0.39 is 5.97 Å². The number of pyridine rings is 1. The highest BCUT2D eigenvalue weighted by molar-refractivity contribution is 6.08. The largest absolute Gasteiger partial charge is 0.454 e. The average molecular weight is 537 g/mol. The van der Waals surface area contributed by atoms with Crippen molar-refractivity contribution in [3.05, 3.63) is 87.9 Å². The predicted octanol–water partition coefficient (Wildman–Crippen LogP) is 6.71. The van der Waals surface area contributed by atoms with Crippen LogP contribution in [0.2, 0.25) is 0 Å². The Labute approximate surface area is 233 Å². The Hall–Kier alpha value is -4.39. The number of aryl methyl sites for hydroxylation is 1. The number of benzene rings is 2. The molecule has 4 aromatic rings. The number of para-hydroxylation sites is 1. The second kappa shape index (κ2) is 10.6. The topological polar surface area (TPSA) is 79.7 Å². The molecule has 1 aliphatic heterocycles. The average Bonchev–Trinajstić information content (AvgIpc) is 3.54. The molecule has 7 nitrogen and oxygen atoms in total. The number of ether oxygens (including phenoxy) is 3. The number of hydrogen-bond acceptors (Lipinski definition) is 6. The summed E-state index contributed by atoms with van der Waals surface area (Å²) in [6.45, 7) is 6.82. The molecule has 2 aromatic heterocycles. The lowest BCUT2D eigenvalue weighted by Gasteiger charge is -2.22. The Kier molecular flexibility index (Phi) is 6.88. The Balaban J connectivity index is 1.33. The van der Waals surface area contributed by atoms with Gasteiger partial charge in [-0.3, -0.25) is 4.79 Å². The molecule has 0 amide bonds. The van der Waals surface area contributed by atoms with Crippen LogP contribution >= 0.6 is 0 Å². The number of allylic oxidation sites excluding steroid dienone is 1. The maximum absolute atomic E-state index is 13.7. The predicted molar refractivity (Wildman–Crippen MR) is 154 cm³/mol. The van der Waals surface area contributed by atoms with Crippen molar-refractivity contribution in [3.8, 4) is 11.5 Å². The molecule has 204 valence electrons. The summed E-state index contributed by atoms with van der Waals surface area (Å²) in [4.78, 5) is 31.8. The highest BCUT2D eigenvalue weighted by Gasteiger charge is 2.27. The van der Waals surface area contributed by atoms with E-state index in [-0.39, 0.29) is 19.2 Å². The van der Waals surface area contributed by atoms with Gasteiger partial charge in [-0.15, -0.1) is 0 Å². The van der Waals surface area contributed by atoms with E-state index in [4.69, 9.17) is 19.2 Å². The first-order valence-electron chi connectivity index (χ1n) is 13.8. The quantitative estimate of drug-likeness (QED) is 0.193. The van der Waals surface area contributed by atoms with E-state index in [1.54, 1.807) is 0 Å². The molecule has 0 atom stereocenters. The molecule has 0 radical (unpaired) electrons. The zero-order valence-electron chi connectivity index (χ0n) is 23.1. The molecule has 0 saturated carbocycles. The summed E-state index contributed by atoms with van der Waals surface area (Å²) in [7, 11) is 0. The van der Waals surface area contributed by atoms with Crippen molar-refractivity contribution in [1.82, 2.24) is 9.55 Å². The van der Waals surface area contributed by atoms with E-state index >= 15 is 0 Å². The van der Waals surface area contributed by atoms with Crippen molar-refractivity contribution >= 4 is 34.3 Å². The molecule has 7 heteroatoms. The van der Waals surface area contributed by atoms with Crippen molar-refractivity contribution in [2.75, 3.05) is 13.4 Å². The molecule has 0 N–H and O–H groups in total. The molecule has 3 heterocycles. The number of carbonyl (C=O) groups is 2. The zero-order valence-corrected chi connectivity index (χ0v) is 23.1. The fraction of sp³-hybridized carbons (Fsp3) is 0.303. The van der Waals surface area contributed by atoms with E-state index in [1.807, 2.05) is 62.4 Å². The standard InChI is InChI=1S/C33H32N2O5/c1-4-14-35-20(2)15-26(21(35)3)28(36)18-38-33(37)31-24-9-5-6-11-27(24)34-32-23(8-7-10-25(31)32)16-22-12-13-29-30(17-22)40-19-39-29/h5-6,9,11-13,15-17H,4,7-8,10,14,18-19H2,1-3H3. The Morgan fingerprint density at radius 3 is 2.73 bits per heavy atom. The zero-order chi connectivity index (χ0) is 27.8. The van der Waals surface area contributed by atoms with Crippen molar-refractivity contribution in [3.63, 3.8) is 0 Å². The third-order valence-corrected chi connectivity index (χ3v) is 7.77. The van der Waals surface area contributed by atoms with E-state index in [9.17, 15) is 9.59 Å². The number of Topliss-reactive ketones (excluding diaryl/α,β-unsaturated/α-hetero) is 1. The molecule has 2 aromatic carbocycles. The van der Waals surface area contributed by atoms with Crippen LogP contribution in [-0.2, 0) is 17.7 Å². The summed E-state index contributed by atoms with van der Waals surface area (Å²) in [5.41, 5.74) is 7.49. The van der Waals surface area contributed by atoms with Crippen molar-refractivity contribution in [1.29, 1.82) is 0 Å². The van der Waals surface area contributed by atoms with Crippen LogP contribution in [0, 0.1) is 13.8 Å². The van der Waals surface area contributed by atoms with Crippen LogP contribution in [0.15, 0.2) is 48.5 Å². The van der Waals surface area contributed by atoms with Crippen LogP contribution in [0.25, 0.3) is 22.6 Å². The lowest BCUT2D eigenvalue weighted by atomic mass is 9.86. The van der Waals surface area contributed by atoms with Gasteiger partial charge in [0, 0.05) is 28.9 Å². The number of aromatic nitrogens is 2. The van der Waals surface area contributed by atoms with Crippen molar-refractivity contribution in [2.24, 2.45) is 0 Å². The van der Waals surface area contributed by atoms with E-state index in [0.29, 0.717) is 17.5 Å². The number of esters is 1. The SMILES string of the molecule is CCCn1c(C)cc(C(=O)COC(=O)c2c3c(nc4ccccc24)C(=Cc2ccc4c(c2)OCO4)CCC3)c1C. The maximum atomic E-state index is 13.7. The minimum Gasteiger partial charge on any atom is -0.454 e. The van der Waals surface area contributed by atoms with Gasteiger partial charge in [0.05, 0.1) is 16.8 Å². The van der Waals surface area contributed by atoms with E-state index in [2.05, 4.69) is 17.6 Å². The van der Waals surface area contributed by atoms with Gasteiger partial charge in [0.25, 0.3) is 0 Å². The first-order chi connectivity index (χ1) is 19.4. The highest BCUT2D eigenvalue weighted by Crippen LogP contribution is 2.38. The molecule has 0 saturated heterocycles. The van der Waals surface area contributed by atoms with Crippen molar-refractivity contribution < 1.29 is 23.8 Å². The molecule has 2 aliphatic rings. The fourth-order valence-electron chi connectivity index (χ4n) is 5.84. The molecule has 0 unspecified atom stereocenters. The molecule has 0 spiro atoms. The Morgan fingerprint density at radius 2 is 1.88 bits per heavy atom. The summed E-state index contributed by atoms with van der Waals surface area (Å²) < 4.78 is 18.9. The van der Waals surface area contributed by atoms with Crippen LogP contribution in [0.1, 0.15) is 75.1 Å². The minimum atomic E-state index is -0.491. The summed E-state index contributed by atoms with van der Waals surface area (Å²) in [6, 6.07) is 15.4. The first kappa shape index (κ1) is 25.9. The molecule has 40 heavy (non-hydrogen) atoms. The number of fused-ring (bicyclic) bond motifs is 3. The Bertz CT molecular complexity index is 1680. The van der Waals surface area contributed by atoms with Gasteiger partial charge in [-0.25, -0.2) is 9.78 Å². The molecule has 6 rings (SSSR count). The molecular formula is C33H32N2O5. The van der Waals surface area contributed by atoms with Crippen LogP contribution in [-0.4, -0.2) is 34.7 Å². The maximum Gasteiger partial charge on any atom is 0.339 e. The number of carbonyl (C=O) groups excluding carboxylic acids is 2. The van der Waals surface area contributed by atoms with Gasteiger partial charge in [-0.05, 0) is 86.6 Å². The third kappa shape index (κ3) is 4.66. The second-order valence-electron chi connectivity index (χ2n) is 10.4. The summed E-state index contributed by atoms with van der Waals surface area (Å²) in [6.07, 6.45) is 5.51. The summed E-state index contributed by atoms with van der Waals surface area (Å²) in [5.74, 6) is 0.776. The lowest BCUT2D eigenvalue weighted by Crippen LogP contribution is -2.19. The fourth-order valence-corrected chi connectivity index (χ4v) is 5.84. The van der Waals surface area contributed by atoms with Crippen LogP contribution in [0.5, 0.6) is 11.5 Å². The van der Waals surface area contributed by atoms with Crippen LogP contribution < -0.4 is 9.47 Å². The molecular weight excluding hydrogens is 504 g/mol. The summed E-state index contributed by atoms with van der Waals surface area (Å²) >= 11 is 0. The van der Waals surface area contributed by atoms with Gasteiger partial charge >= 0.3 is 5.97 Å². The van der Waals surface area contributed by atoms with Gasteiger partial charge in [0.15, 0.2) is 18.1 Å². The monoisotopic (exact) mass is 536 g/mol. The number of nitrogens with zero attached hydrogens (tertiary/aromatic N) is 2. The molecule has 1 aliphatic carbocycles. The molecule has 0 fully saturated rings. The van der Waals surface area contributed by atoms with Gasteiger partial charge in [0.1, 0.15) is 0 Å². The van der Waals surface area contributed by atoms with Gasteiger partial charge in [0.2, 0.25) is 12.6 Å². The highest BCUT2D eigenvalue weighted by atomic mass is 16.7. The van der Waals surface area contributed by atoms with Gasteiger partial charge < -0.3 is 18.8 Å².